The van der Waals surface area contributed by atoms with E-state index >= 15 is 0 Å². The van der Waals surface area contributed by atoms with Crippen molar-refractivity contribution in [3.63, 3.8) is 0 Å². The minimum atomic E-state index is 0.354. The summed E-state index contributed by atoms with van der Waals surface area (Å²) in [6, 6.07) is 8.61. The third-order valence-electron chi connectivity index (χ3n) is 3.91. The normalized spacial score (nSPS) is 23.8. The van der Waals surface area contributed by atoms with Crippen LogP contribution in [-0.4, -0.2) is 26.2 Å². The number of hydrogen-bond acceptors (Lipinski definition) is 2. The highest BCUT2D eigenvalue weighted by molar-refractivity contribution is 6.33. The molecule has 1 atom stereocenters. The maximum atomic E-state index is 6.26. The number of likely N-dealkylation sites (N-methyl/N-ethyl adjacent to an activating group) is 1. The molecule has 1 aromatic rings. The number of benzene rings is 1. The molecular formula is C14H21ClN2. The number of para-hydroxylation sites is 1. The Bertz CT molecular complexity index is 390. The molecule has 1 N–H and O–H groups in total. The number of halogens is 1. The van der Waals surface area contributed by atoms with Gasteiger partial charge in [0.05, 0.1) is 10.7 Å². The maximum Gasteiger partial charge on any atom is 0.0639 e. The molecule has 0 bridgehead atoms. The zero-order chi connectivity index (χ0) is 12.5. The number of rotatable bonds is 2. The summed E-state index contributed by atoms with van der Waals surface area (Å²) in [6.45, 7) is 6.76. The lowest BCUT2D eigenvalue weighted by molar-refractivity contribution is 0.208. The Balaban J connectivity index is 2.18. The second-order valence-corrected chi connectivity index (χ2v) is 5.88. The van der Waals surface area contributed by atoms with Crippen molar-refractivity contribution >= 4 is 17.3 Å². The van der Waals surface area contributed by atoms with E-state index in [1.165, 1.54) is 6.42 Å². The van der Waals surface area contributed by atoms with Gasteiger partial charge in [-0.05, 0) is 31.0 Å². The van der Waals surface area contributed by atoms with Gasteiger partial charge in [0.25, 0.3) is 0 Å². The van der Waals surface area contributed by atoms with E-state index in [1.54, 1.807) is 0 Å². The SMILES string of the molecule is CNC1CN(c2ccccc2Cl)CCC1(C)C. The molecule has 1 fully saturated rings. The van der Waals surface area contributed by atoms with Crippen LogP contribution in [0.25, 0.3) is 0 Å². The molecule has 2 rings (SSSR count). The average molecular weight is 253 g/mol. The quantitative estimate of drug-likeness (QED) is 0.870. The fourth-order valence-electron chi connectivity index (χ4n) is 2.57. The van der Waals surface area contributed by atoms with Crippen LogP contribution in [0.3, 0.4) is 0 Å². The van der Waals surface area contributed by atoms with Crippen molar-refractivity contribution < 1.29 is 0 Å². The molecule has 1 aromatic carbocycles. The molecule has 0 amide bonds. The molecule has 1 unspecified atom stereocenters. The summed E-state index contributed by atoms with van der Waals surface area (Å²) in [5, 5.41) is 4.28. The predicted octanol–water partition coefficient (Wildman–Crippen LogP) is 3.16. The van der Waals surface area contributed by atoms with Gasteiger partial charge in [0, 0.05) is 19.1 Å². The Morgan fingerprint density at radius 2 is 2.06 bits per heavy atom. The van der Waals surface area contributed by atoms with Crippen LogP contribution in [0.15, 0.2) is 24.3 Å². The van der Waals surface area contributed by atoms with Crippen LogP contribution < -0.4 is 10.2 Å². The van der Waals surface area contributed by atoms with Crippen LogP contribution in [0, 0.1) is 5.41 Å². The highest BCUT2D eigenvalue weighted by atomic mass is 35.5. The Kier molecular flexibility index (Phi) is 3.64. The van der Waals surface area contributed by atoms with Crippen molar-refractivity contribution in [2.45, 2.75) is 26.3 Å². The van der Waals surface area contributed by atoms with E-state index in [0.717, 1.165) is 23.8 Å². The maximum absolute atomic E-state index is 6.26. The van der Waals surface area contributed by atoms with Crippen molar-refractivity contribution in [1.29, 1.82) is 0 Å². The molecule has 1 saturated heterocycles. The number of nitrogens with zero attached hydrogens (tertiary/aromatic N) is 1. The Hall–Kier alpha value is -0.730. The summed E-state index contributed by atoms with van der Waals surface area (Å²) in [6.07, 6.45) is 1.18. The van der Waals surface area contributed by atoms with Crippen LogP contribution in [0.5, 0.6) is 0 Å². The van der Waals surface area contributed by atoms with Crippen molar-refractivity contribution in [2.75, 3.05) is 25.0 Å². The first kappa shape index (κ1) is 12.7. The van der Waals surface area contributed by atoms with E-state index in [-0.39, 0.29) is 0 Å². The smallest absolute Gasteiger partial charge is 0.0639 e. The molecule has 0 aromatic heterocycles. The molecule has 0 spiro atoms. The first-order valence-corrected chi connectivity index (χ1v) is 6.59. The zero-order valence-corrected chi connectivity index (χ0v) is 11.6. The van der Waals surface area contributed by atoms with Gasteiger partial charge in [-0.25, -0.2) is 0 Å². The fraction of sp³-hybridized carbons (Fsp3) is 0.571. The zero-order valence-electron chi connectivity index (χ0n) is 10.8. The van der Waals surface area contributed by atoms with Gasteiger partial charge in [-0.3, -0.25) is 0 Å². The van der Waals surface area contributed by atoms with Gasteiger partial charge < -0.3 is 10.2 Å². The topological polar surface area (TPSA) is 15.3 Å². The van der Waals surface area contributed by atoms with Gasteiger partial charge in [-0.2, -0.15) is 0 Å². The molecule has 0 aliphatic carbocycles. The molecular weight excluding hydrogens is 232 g/mol. The molecule has 3 heteroatoms. The molecule has 17 heavy (non-hydrogen) atoms. The van der Waals surface area contributed by atoms with Gasteiger partial charge in [0.15, 0.2) is 0 Å². The summed E-state index contributed by atoms with van der Waals surface area (Å²) in [7, 11) is 2.04. The van der Waals surface area contributed by atoms with Crippen LogP contribution in [0.1, 0.15) is 20.3 Å². The predicted molar refractivity (Wildman–Crippen MR) is 74.9 cm³/mol. The Morgan fingerprint density at radius 1 is 1.35 bits per heavy atom. The molecule has 2 nitrogen and oxygen atoms in total. The van der Waals surface area contributed by atoms with Gasteiger partial charge in [0.1, 0.15) is 0 Å². The third kappa shape index (κ3) is 2.58. The monoisotopic (exact) mass is 252 g/mol. The second kappa shape index (κ2) is 4.87. The summed E-state index contributed by atoms with van der Waals surface area (Å²) in [4.78, 5) is 2.38. The van der Waals surface area contributed by atoms with E-state index in [9.17, 15) is 0 Å². The van der Waals surface area contributed by atoms with E-state index in [4.69, 9.17) is 11.6 Å². The summed E-state index contributed by atoms with van der Waals surface area (Å²) >= 11 is 6.26. The largest absolute Gasteiger partial charge is 0.369 e. The molecule has 0 radical (unpaired) electrons. The molecule has 1 aliphatic rings. The number of piperidine rings is 1. The third-order valence-corrected chi connectivity index (χ3v) is 4.23. The molecule has 1 aliphatic heterocycles. The van der Waals surface area contributed by atoms with Gasteiger partial charge in [-0.15, -0.1) is 0 Å². The van der Waals surface area contributed by atoms with Crippen molar-refractivity contribution in [1.82, 2.24) is 5.32 Å². The Labute approximate surface area is 109 Å². The lowest BCUT2D eigenvalue weighted by atomic mass is 9.78. The van der Waals surface area contributed by atoms with Crippen LogP contribution in [-0.2, 0) is 0 Å². The summed E-state index contributed by atoms with van der Waals surface area (Å²) in [5.41, 5.74) is 1.51. The first-order valence-electron chi connectivity index (χ1n) is 6.21. The van der Waals surface area contributed by atoms with Crippen LogP contribution in [0.4, 0.5) is 5.69 Å². The van der Waals surface area contributed by atoms with Gasteiger partial charge in [0.2, 0.25) is 0 Å². The van der Waals surface area contributed by atoms with Crippen LogP contribution in [0.2, 0.25) is 5.02 Å². The number of hydrogen-bond donors (Lipinski definition) is 1. The Morgan fingerprint density at radius 3 is 2.71 bits per heavy atom. The highest BCUT2D eigenvalue weighted by Crippen LogP contribution is 2.34. The van der Waals surface area contributed by atoms with Crippen molar-refractivity contribution in [2.24, 2.45) is 5.41 Å². The number of nitrogens with one attached hydrogen (secondary N) is 1. The van der Waals surface area contributed by atoms with E-state index in [2.05, 4.69) is 36.2 Å². The van der Waals surface area contributed by atoms with Gasteiger partial charge in [-0.1, -0.05) is 37.6 Å². The van der Waals surface area contributed by atoms with Gasteiger partial charge >= 0.3 is 0 Å². The molecule has 1 heterocycles. The van der Waals surface area contributed by atoms with E-state index in [0.29, 0.717) is 11.5 Å². The number of anilines is 1. The minimum absolute atomic E-state index is 0.354. The average Bonchev–Trinajstić information content (AvgIpc) is 2.30. The van der Waals surface area contributed by atoms with Crippen molar-refractivity contribution in [3.8, 4) is 0 Å². The second-order valence-electron chi connectivity index (χ2n) is 5.48. The lowest BCUT2D eigenvalue weighted by Crippen LogP contribution is -2.54. The standard InChI is InChI=1S/C14H21ClN2/c1-14(2)8-9-17(10-13(14)16-3)12-7-5-4-6-11(12)15/h4-7,13,16H,8-10H2,1-3H3. The van der Waals surface area contributed by atoms with E-state index < -0.39 is 0 Å². The molecule has 0 saturated carbocycles. The fourth-order valence-corrected chi connectivity index (χ4v) is 2.82. The highest BCUT2D eigenvalue weighted by Gasteiger charge is 2.34. The van der Waals surface area contributed by atoms with Crippen molar-refractivity contribution in [3.05, 3.63) is 29.3 Å². The lowest BCUT2D eigenvalue weighted by Gasteiger charge is -2.45. The molecule has 94 valence electrons. The minimum Gasteiger partial charge on any atom is -0.369 e. The van der Waals surface area contributed by atoms with Crippen LogP contribution >= 0.6 is 11.6 Å². The van der Waals surface area contributed by atoms with E-state index in [1.807, 2.05) is 19.2 Å². The first-order chi connectivity index (χ1) is 8.04. The summed E-state index contributed by atoms with van der Waals surface area (Å²) in [5.74, 6) is 0. The summed E-state index contributed by atoms with van der Waals surface area (Å²) < 4.78 is 0.